The quantitative estimate of drug-likeness (QED) is 0.329. The number of fused-ring (bicyclic) bond motifs is 3. The fourth-order valence-corrected chi connectivity index (χ4v) is 6.19. The molecule has 0 radical (unpaired) electrons. The average Bonchev–Trinajstić information content (AvgIpc) is 3.02. The molecule has 0 spiro atoms. The predicted molar refractivity (Wildman–Crippen MR) is 174 cm³/mol. The summed E-state index contributed by atoms with van der Waals surface area (Å²) in [6.45, 7) is 11.9. The summed E-state index contributed by atoms with van der Waals surface area (Å²) in [6.07, 6.45) is 5.59. The van der Waals surface area contributed by atoms with Gasteiger partial charge in [-0.25, -0.2) is 0 Å². The van der Waals surface area contributed by atoms with Crippen molar-refractivity contribution < 1.29 is 14.3 Å². The summed E-state index contributed by atoms with van der Waals surface area (Å²) in [5, 5.41) is 3.27. The van der Waals surface area contributed by atoms with Crippen molar-refractivity contribution >= 4 is 5.91 Å². The molecule has 0 aliphatic carbocycles. The predicted octanol–water partition coefficient (Wildman–Crippen LogP) is 6.49. The Morgan fingerprint density at radius 3 is 2.49 bits per heavy atom. The minimum absolute atomic E-state index is 0.0435. The van der Waals surface area contributed by atoms with Crippen LogP contribution in [0, 0.1) is 5.92 Å². The molecule has 43 heavy (non-hydrogen) atoms. The molecule has 6 nitrogen and oxygen atoms in total. The third-order valence-electron chi connectivity index (χ3n) is 8.65. The molecule has 230 valence electrons. The minimum Gasteiger partial charge on any atom is -0.491 e. The van der Waals surface area contributed by atoms with Gasteiger partial charge in [-0.1, -0.05) is 74.9 Å². The molecule has 5 rings (SSSR count). The van der Waals surface area contributed by atoms with Crippen LogP contribution in [0.5, 0.6) is 5.75 Å². The maximum atomic E-state index is 13.5. The summed E-state index contributed by atoms with van der Waals surface area (Å²) in [7, 11) is 0. The highest BCUT2D eigenvalue weighted by atomic mass is 16.5. The van der Waals surface area contributed by atoms with Crippen LogP contribution in [0.1, 0.15) is 78.2 Å². The molecule has 3 aromatic rings. The highest BCUT2D eigenvalue weighted by Gasteiger charge is 2.23. The number of likely N-dealkylation sites (tertiary alicyclic amines) is 1. The smallest absolute Gasteiger partial charge is 0.251 e. The van der Waals surface area contributed by atoms with E-state index < -0.39 is 0 Å². The van der Waals surface area contributed by atoms with Crippen LogP contribution in [0.4, 0.5) is 0 Å². The largest absolute Gasteiger partial charge is 0.491 e. The Labute approximate surface area is 258 Å². The Bertz CT molecular complexity index is 1290. The van der Waals surface area contributed by atoms with Gasteiger partial charge in [0.1, 0.15) is 12.4 Å². The first kappa shape index (κ1) is 31.2. The van der Waals surface area contributed by atoms with Gasteiger partial charge in [-0.2, -0.15) is 0 Å². The van der Waals surface area contributed by atoms with Crippen molar-refractivity contribution in [3.05, 3.63) is 101 Å². The minimum atomic E-state index is -0.0435. The van der Waals surface area contributed by atoms with Crippen molar-refractivity contribution in [3.8, 4) is 5.75 Å². The van der Waals surface area contributed by atoms with E-state index in [2.05, 4.69) is 83.6 Å². The Hall–Kier alpha value is -3.19. The number of rotatable bonds is 8. The molecular formula is C37H49N3O3. The first-order chi connectivity index (χ1) is 21.0. The molecule has 2 aliphatic heterocycles. The fourth-order valence-electron chi connectivity index (χ4n) is 6.19. The van der Waals surface area contributed by atoms with E-state index in [4.69, 9.17) is 9.47 Å². The van der Waals surface area contributed by atoms with Crippen molar-refractivity contribution in [2.24, 2.45) is 5.92 Å². The third kappa shape index (κ3) is 9.40. The van der Waals surface area contributed by atoms with Gasteiger partial charge in [0.15, 0.2) is 0 Å². The second-order valence-corrected chi connectivity index (χ2v) is 12.5. The average molecular weight is 584 g/mol. The maximum Gasteiger partial charge on any atom is 0.251 e. The van der Waals surface area contributed by atoms with E-state index in [-0.39, 0.29) is 11.9 Å². The Kier molecular flexibility index (Phi) is 11.7. The van der Waals surface area contributed by atoms with Crippen LogP contribution in [0.25, 0.3) is 0 Å². The van der Waals surface area contributed by atoms with Gasteiger partial charge < -0.3 is 14.8 Å². The molecule has 1 unspecified atom stereocenters. The van der Waals surface area contributed by atoms with Crippen LogP contribution in [-0.2, 0) is 17.7 Å². The highest BCUT2D eigenvalue weighted by molar-refractivity contribution is 5.94. The van der Waals surface area contributed by atoms with Crippen molar-refractivity contribution in [1.82, 2.24) is 15.1 Å². The van der Waals surface area contributed by atoms with Gasteiger partial charge in [0.2, 0.25) is 0 Å². The third-order valence-corrected chi connectivity index (χ3v) is 8.65. The number of hydrogen-bond donors (Lipinski definition) is 1. The van der Waals surface area contributed by atoms with Crippen LogP contribution in [0.2, 0.25) is 0 Å². The molecule has 2 bridgehead atoms. The van der Waals surface area contributed by atoms with E-state index >= 15 is 0 Å². The van der Waals surface area contributed by atoms with E-state index in [0.29, 0.717) is 44.3 Å². The summed E-state index contributed by atoms with van der Waals surface area (Å²) >= 11 is 0. The van der Waals surface area contributed by atoms with Gasteiger partial charge in [0.05, 0.1) is 19.3 Å². The van der Waals surface area contributed by atoms with Crippen LogP contribution < -0.4 is 10.1 Å². The second kappa shape index (κ2) is 16.0. The zero-order valence-electron chi connectivity index (χ0n) is 26.1. The molecule has 1 saturated heterocycles. The first-order valence-corrected chi connectivity index (χ1v) is 16.3. The lowest BCUT2D eigenvalue weighted by atomic mass is 9.99. The van der Waals surface area contributed by atoms with Gasteiger partial charge in [0, 0.05) is 31.6 Å². The van der Waals surface area contributed by atoms with Crippen molar-refractivity contribution in [2.75, 3.05) is 52.5 Å². The number of nitrogens with one attached hydrogen (secondary N) is 1. The lowest BCUT2D eigenvalue weighted by Crippen LogP contribution is -2.40. The van der Waals surface area contributed by atoms with Crippen LogP contribution in [-0.4, -0.2) is 68.3 Å². The molecule has 1 atom stereocenters. The van der Waals surface area contributed by atoms with Crippen LogP contribution in [0.3, 0.4) is 0 Å². The standard InChI is InChI=1S/C37H49N3O3/c1-29(2)16-19-39-20-21-42-22-23-43-36-15-14-33(26-34(36)25-30-10-9-11-31(24-30)28-39)37(41)38-27-35(32-12-5-3-6-13-32)40-17-7-4-8-18-40/h3,5-6,9-15,24,26,29,35H,4,7-8,16-23,25,27-28H2,1-2H3,(H,38,41). The molecule has 2 aliphatic rings. The van der Waals surface area contributed by atoms with Gasteiger partial charge >= 0.3 is 0 Å². The lowest BCUT2D eigenvalue weighted by molar-refractivity contribution is 0.0764. The van der Waals surface area contributed by atoms with Gasteiger partial charge in [-0.15, -0.1) is 0 Å². The number of carbonyl (C=O) groups excluding carboxylic acids is 1. The summed E-state index contributed by atoms with van der Waals surface area (Å²) in [5.74, 6) is 1.44. The van der Waals surface area contributed by atoms with E-state index in [9.17, 15) is 4.79 Å². The number of ether oxygens (including phenoxy) is 2. The van der Waals surface area contributed by atoms with E-state index in [1.165, 1.54) is 42.4 Å². The lowest BCUT2D eigenvalue weighted by Gasteiger charge is -2.35. The molecule has 1 amide bonds. The summed E-state index contributed by atoms with van der Waals surface area (Å²) in [5.41, 5.74) is 5.48. The molecule has 0 saturated carbocycles. The molecule has 2 heterocycles. The Morgan fingerprint density at radius 2 is 1.67 bits per heavy atom. The van der Waals surface area contributed by atoms with Gasteiger partial charge in [-0.05, 0) is 85.3 Å². The van der Waals surface area contributed by atoms with E-state index in [1.807, 2.05) is 18.2 Å². The Balaban J connectivity index is 1.32. The monoisotopic (exact) mass is 583 g/mol. The zero-order valence-corrected chi connectivity index (χ0v) is 26.1. The van der Waals surface area contributed by atoms with Gasteiger partial charge in [0.25, 0.3) is 5.91 Å². The number of hydrogen-bond acceptors (Lipinski definition) is 5. The molecule has 0 aromatic heterocycles. The van der Waals surface area contributed by atoms with E-state index in [0.717, 1.165) is 44.0 Å². The number of amides is 1. The maximum absolute atomic E-state index is 13.5. The molecular weight excluding hydrogens is 534 g/mol. The van der Waals surface area contributed by atoms with Crippen LogP contribution >= 0.6 is 0 Å². The zero-order chi connectivity index (χ0) is 29.9. The number of benzene rings is 3. The van der Waals surface area contributed by atoms with Gasteiger partial charge in [-0.3, -0.25) is 14.6 Å². The van der Waals surface area contributed by atoms with E-state index in [1.54, 1.807) is 0 Å². The molecule has 3 aromatic carbocycles. The number of carbonyl (C=O) groups is 1. The number of nitrogens with zero attached hydrogens (tertiary/aromatic N) is 2. The normalized spacial score (nSPS) is 17.8. The SMILES string of the molecule is CC(C)CCN1CCOCCOc2ccc(C(=O)NCC(c3ccccc3)N3CCCCC3)cc2Cc2cccc(c2)C1. The van der Waals surface area contributed by atoms with Crippen LogP contribution in [0.15, 0.2) is 72.8 Å². The van der Waals surface area contributed by atoms with Crippen molar-refractivity contribution in [2.45, 2.75) is 58.5 Å². The molecule has 1 N–H and O–H groups in total. The summed E-state index contributed by atoms with van der Waals surface area (Å²) < 4.78 is 12.2. The Morgan fingerprint density at radius 1 is 0.860 bits per heavy atom. The molecule has 1 fully saturated rings. The summed E-state index contributed by atoms with van der Waals surface area (Å²) in [4.78, 5) is 18.6. The van der Waals surface area contributed by atoms with Crippen molar-refractivity contribution in [3.63, 3.8) is 0 Å². The summed E-state index contributed by atoms with van der Waals surface area (Å²) in [6, 6.07) is 25.4. The second-order valence-electron chi connectivity index (χ2n) is 12.5. The fraction of sp³-hybridized carbons (Fsp3) is 0.486. The molecule has 6 heteroatoms. The van der Waals surface area contributed by atoms with Crippen molar-refractivity contribution in [1.29, 1.82) is 0 Å². The highest BCUT2D eigenvalue weighted by Crippen LogP contribution is 2.26. The number of piperidine rings is 1. The first-order valence-electron chi connectivity index (χ1n) is 16.3. The topological polar surface area (TPSA) is 54.0 Å².